The number of halogens is 3. The zero-order valence-electron chi connectivity index (χ0n) is 15.3. The maximum absolute atomic E-state index is 12.3. The Balaban J connectivity index is 1.49. The zero-order valence-corrected chi connectivity index (χ0v) is 17.0. The van der Waals surface area contributed by atoms with E-state index >= 15 is 0 Å². The van der Waals surface area contributed by atoms with Crippen molar-refractivity contribution in [3.05, 3.63) is 75.7 Å². The van der Waals surface area contributed by atoms with Crippen LogP contribution in [0.3, 0.4) is 0 Å². The van der Waals surface area contributed by atoms with Crippen molar-refractivity contribution in [1.29, 1.82) is 0 Å². The van der Waals surface area contributed by atoms with Gasteiger partial charge in [0.05, 0.1) is 10.7 Å². The van der Waals surface area contributed by atoms with Gasteiger partial charge in [-0.2, -0.15) is 0 Å². The average Bonchev–Trinajstić information content (AvgIpc) is 3.10. The summed E-state index contributed by atoms with van der Waals surface area (Å²) in [7, 11) is 0. The van der Waals surface area contributed by atoms with Crippen molar-refractivity contribution in [2.24, 2.45) is 0 Å². The molecule has 0 radical (unpaired) electrons. The van der Waals surface area contributed by atoms with E-state index in [1.165, 1.54) is 24.3 Å². The molecule has 0 fully saturated rings. The van der Waals surface area contributed by atoms with Crippen LogP contribution in [0.25, 0.3) is 0 Å². The van der Waals surface area contributed by atoms with Gasteiger partial charge in [0, 0.05) is 28.1 Å². The number of alkyl halides is 3. The topological polar surface area (TPSA) is 51.2 Å². The van der Waals surface area contributed by atoms with Crippen LogP contribution in [0.2, 0.25) is 0 Å². The molecule has 29 heavy (non-hydrogen) atoms. The van der Waals surface area contributed by atoms with Crippen molar-refractivity contribution in [2.75, 3.05) is 0 Å². The summed E-state index contributed by atoms with van der Waals surface area (Å²) in [6.45, 7) is 2.17. The van der Waals surface area contributed by atoms with E-state index in [0.717, 1.165) is 21.3 Å². The number of thiazole rings is 1. The lowest BCUT2D eigenvalue weighted by atomic mass is 10.2. The summed E-state index contributed by atoms with van der Waals surface area (Å²) in [5.41, 5.74) is 2.21. The van der Waals surface area contributed by atoms with E-state index in [2.05, 4.69) is 15.0 Å². The molecule has 4 nitrogen and oxygen atoms in total. The Kier molecular flexibility index (Phi) is 6.81. The fourth-order valence-corrected chi connectivity index (χ4v) is 3.94. The second kappa shape index (κ2) is 9.32. The Morgan fingerprint density at radius 2 is 1.83 bits per heavy atom. The van der Waals surface area contributed by atoms with Crippen molar-refractivity contribution in [1.82, 2.24) is 10.3 Å². The number of thioether (sulfide) groups is 1. The first-order valence-corrected chi connectivity index (χ1v) is 10.4. The van der Waals surface area contributed by atoms with E-state index < -0.39 is 6.36 Å². The number of aromatic nitrogens is 1. The fourth-order valence-electron chi connectivity index (χ4n) is 2.43. The molecular weight excluding hydrogens is 421 g/mol. The first-order chi connectivity index (χ1) is 13.8. The van der Waals surface area contributed by atoms with Gasteiger partial charge in [-0.1, -0.05) is 12.1 Å². The van der Waals surface area contributed by atoms with Crippen LogP contribution >= 0.6 is 23.1 Å². The van der Waals surface area contributed by atoms with Crippen LogP contribution in [0, 0.1) is 6.92 Å². The Bertz CT molecular complexity index is 955. The maximum atomic E-state index is 12.3. The Morgan fingerprint density at radius 3 is 2.41 bits per heavy atom. The summed E-state index contributed by atoms with van der Waals surface area (Å²) in [6, 6.07) is 12.6. The zero-order chi connectivity index (χ0) is 20.9. The molecule has 0 aliphatic carbocycles. The molecule has 1 heterocycles. The minimum atomic E-state index is -4.72. The first kappa shape index (κ1) is 21.2. The highest BCUT2D eigenvalue weighted by atomic mass is 32.2. The lowest BCUT2D eigenvalue weighted by Crippen LogP contribution is -2.22. The van der Waals surface area contributed by atoms with Crippen LogP contribution in [0.15, 0.2) is 58.8 Å². The van der Waals surface area contributed by atoms with E-state index in [-0.39, 0.29) is 18.2 Å². The van der Waals surface area contributed by atoms with Crippen LogP contribution < -0.4 is 10.1 Å². The normalized spacial score (nSPS) is 11.3. The number of hydrogen-bond donors (Lipinski definition) is 1. The van der Waals surface area contributed by atoms with Crippen LogP contribution in [-0.2, 0) is 12.3 Å². The number of carbonyl (C=O) groups excluding carboxylic acids is 1. The third kappa shape index (κ3) is 6.79. The summed E-state index contributed by atoms with van der Waals surface area (Å²) in [5, 5.41) is 5.82. The third-order valence-corrected chi connectivity index (χ3v) is 5.65. The van der Waals surface area contributed by atoms with Gasteiger partial charge in [-0.3, -0.25) is 4.79 Å². The number of benzene rings is 2. The minimum Gasteiger partial charge on any atom is -0.406 e. The van der Waals surface area contributed by atoms with E-state index in [0.29, 0.717) is 11.1 Å². The monoisotopic (exact) mass is 438 g/mol. The van der Waals surface area contributed by atoms with Gasteiger partial charge in [-0.15, -0.1) is 36.3 Å². The summed E-state index contributed by atoms with van der Waals surface area (Å²) in [6.07, 6.45) is -4.72. The molecule has 0 saturated carbocycles. The number of nitrogens with one attached hydrogen (secondary N) is 1. The van der Waals surface area contributed by atoms with E-state index in [1.54, 1.807) is 35.2 Å². The largest absolute Gasteiger partial charge is 0.573 e. The van der Waals surface area contributed by atoms with Gasteiger partial charge in [-0.05, 0) is 48.9 Å². The highest BCUT2D eigenvalue weighted by Gasteiger charge is 2.30. The van der Waals surface area contributed by atoms with Gasteiger partial charge in [0.25, 0.3) is 5.91 Å². The molecule has 1 aromatic heterocycles. The van der Waals surface area contributed by atoms with Gasteiger partial charge in [-0.25, -0.2) is 4.98 Å². The lowest BCUT2D eigenvalue weighted by Gasteiger charge is -2.10. The van der Waals surface area contributed by atoms with Gasteiger partial charge < -0.3 is 10.1 Å². The van der Waals surface area contributed by atoms with Crippen LogP contribution in [0.5, 0.6) is 5.75 Å². The molecule has 9 heteroatoms. The molecule has 152 valence electrons. The molecule has 0 aliphatic heterocycles. The standard InChI is InChI=1S/C20H17F3N2O2S2/c1-13-25-16(11-28-13)12-29-18-8-4-15(5-9-18)19(26)24-10-14-2-6-17(7-3-14)27-20(21,22)23/h2-9,11H,10,12H2,1H3,(H,24,26). The van der Waals surface area contributed by atoms with Crippen LogP contribution in [0.4, 0.5) is 13.2 Å². The first-order valence-electron chi connectivity index (χ1n) is 8.55. The fraction of sp³-hybridized carbons (Fsp3) is 0.200. The highest BCUT2D eigenvalue weighted by molar-refractivity contribution is 7.98. The summed E-state index contributed by atoms with van der Waals surface area (Å²) in [4.78, 5) is 17.7. The van der Waals surface area contributed by atoms with Gasteiger partial charge in [0.15, 0.2) is 0 Å². The number of aryl methyl sites for hydroxylation is 1. The SMILES string of the molecule is Cc1nc(CSc2ccc(C(=O)NCc3ccc(OC(F)(F)F)cc3)cc2)cs1. The quantitative estimate of drug-likeness (QED) is 0.490. The molecule has 2 aromatic carbocycles. The number of hydrogen-bond acceptors (Lipinski definition) is 5. The van der Waals surface area contributed by atoms with E-state index in [1.807, 2.05) is 24.4 Å². The van der Waals surface area contributed by atoms with Crippen LogP contribution in [0.1, 0.15) is 26.6 Å². The van der Waals surface area contributed by atoms with Crippen molar-refractivity contribution in [2.45, 2.75) is 30.5 Å². The predicted octanol–water partition coefficient (Wildman–Crippen LogP) is 5.57. The Hall–Kier alpha value is -2.52. The van der Waals surface area contributed by atoms with Crippen molar-refractivity contribution in [3.63, 3.8) is 0 Å². The summed E-state index contributed by atoms with van der Waals surface area (Å²) >= 11 is 3.26. The smallest absolute Gasteiger partial charge is 0.406 e. The molecule has 3 aromatic rings. The van der Waals surface area contributed by atoms with Gasteiger partial charge in [0.2, 0.25) is 0 Å². The molecule has 1 amide bonds. The predicted molar refractivity (Wildman–Crippen MR) is 107 cm³/mol. The second-order valence-electron chi connectivity index (χ2n) is 6.05. The Labute approximate surface area is 174 Å². The minimum absolute atomic E-state index is 0.199. The summed E-state index contributed by atoms with van der Waals surface area (Å²) < 4.78 is 40.3. The molecular formula is C20H17F3N2O2S2. The average molecular weight is 438 g/mol. The van der Waals surface area contributed by atoms with Crippen molar-refractivity contribution >= 4 is 29.0 Å². The van der Waals surface area contributed by atoms with E-state index in [9.17, 15) is 18.0 Å². The van der Waals surface area contributed by atoms with Gasteiger partial charge >= 0.3 is 6.36 Å². The summed E-state index contributed by atoms with van der Waals surface area (Å²) in [5.74, 6) is 0.213. The number of amides is 1. The lowest BCUT2D eigenvalue weighted by molar-refractivity contribution is -0.274. The second-order valence-corrected chi connectivity index (χ2v) is 8.16. The number of rotatable bonds is 7. The number of nitrogens with zero attached hydrogens (tertiary/aromatic N) is 1. The molecule has 0 spiro atoms. The van der Waals surface area contributed by atoms with Crippen LogP contribution in [-0.4, -0.2) is 17.3 Å². The molecule has 0 saturated heterocycles. The van der Waals surface area contributed by atoms with E-state index in [4.69, 9.17) is 0 Å². The van der Waals surface area contributed by atoms with Crippen molar-refractivity contribution < 1.29 is 22.7 Å². The highest BCUT2D eigenvalue weighted by Crippen LogP contribution is 2.24. The number of carbonyl (C=O) groups is 1. The van der Waals surface area contributed by atoms with Crippen molar-refractivity contribution in [3.8, 4) is 5.75 Å². The molecule has 0 aliphatic rings. The molecule has 1 N–H and O–H groups in total. The van der Waals surface area contributed by atoms with Gasteiger partial charge in [0.1, 0.15) is 5.75 Å². The number of ether oxygens (including phenoxy) is 1. The molecule has 0 atom stereocenters. The molecule has 0 bridgehead atoms. The third-order valence-electron chi connectivity index (χ3n) is 3.78. The maximum Gasteiger partial charge on any atom is 0.573 e. The molecule has 0 unspecified atom stereocenters. The Morgan fingerprint density at radius 1 is 1.14 bits per heavy atom. The molecule has 3 rings (SSSR count).